The molecule has 5 heterocycles. The zero-order valence-corrected chi connectivity index (χ0v) is 19.0. The lowest BCUT2D eigenvalue weighted by Gasteiger charge is -2.54. The summed E-state index contributed by atoms with van der Waals surface area (Å²) in [6.07, 6.45) is 8.56. The van der Waals surface area contributed by atoms with Gasteiger partial charge in [-0.25, -0.2) is 9.97 Å². The number of nitrogens with zero attached hydrogens (tertiary/aromatic N) is 4. The molecule has 9 heteroatoms. The molecule has 1 aliphatic carbocycles. The minimum Gasteiger partial charge on any atom is -0.362 e. The Labute approximate surface area is 191 Å². The van der Waals surface area contributed by atoms with Gasteiger partial charge >= 0.3 is 0 Å². The summed E-state index contributed by atoms with van der Waals surface area (Å²) in [7, 11) is 1.50. The van der Waals surface area contributed by atoms with Gasteiger partial charge < -0.3 is 15.2 Å². The molecule has 0 radical (unpaired) electrons. The van der Waals surface area contributed by atoms with Crippen LogP contribution in [-0.2, 0) is 6.42 Å². The first-order valence-corrected chi connectivity index (χ1v) is 11.7. The maximum Gasteiger partial charge on any atom is 0.269 e. The Morgan fingerprint density at radius 1 is 1.24 bits per heavy atom. The lowest BCUT2D eigenvalue weighted by atomic mass is 9.88. The van der Waals surface area contributed by atoms with Gasteiger partial charge in [0.15, 0.2) is 0 Å². The number of halogens is 1. The number of nitrogens with one attached hydrogen (secondary N) is 2. The van der Waals surface area contributed by atoms with E-state index in [4.69, 9.17) is 0 Å². The molecule has 2 aromatic rings. The molecule has 6 rings (SSSR count). The monoisotopic (exact) mass is 452 g/mol. The number of rotatable bonds is 5. The number of aryl methyl sites for hydroxylation is 1. The molecule has 0 saturated carbocycles. The predicted molar refractivity (Wildman–Crippen MR) is 124 cm³/mol. The first-order chi connectivity index (χ1) is 16.0. The van der Waals surface area contributed by atoms with E-state index in [-0.39, 0.29) is 17.3 Å². The zero-order valence-electron chi connectivity index (χ0n) is 19.0. The molecule has 4 aliphatic rings. The van der Waals surface area contributed by atoms with Gasteiger partial charge in [0, 0.05) is 50.0 Å². The van der Waals surface area contributed by atoms with E-state index >= 15 is 0 Å². The fraction of sp³-hybridized carbons (Fsp3) is 0.500. The average molecular weight is 453 g/mol. The zero-order chi connectivity index (χ0) is 23.1. The Morgan fingerprint density at radius 3 is 2.73 bits per heavy atom. The van der Waals surface area contributed by atoms with E-state index < -0.39 is 11.9 Å². The van der Waals surface area contributed by atoms with Crippen LogP contribution in [0.15, 0.2) is 29.2 Å². The van der Waals surface area contributed by atoms with E-state index in [1.165, 1.54) is 7.05 Å². The topological polar surface area (TPSA) is 94.2 Å². The van der Waals surface area contributed by atoms with Crippen LogP contribution >= 0.6 is 0 Å². The third-order valence-electron chi connectivity index (χ3n) is 7.26. The summed E-state index contributed by atoms with van der Waals surface area (Å²) in [6, 6.07) is 4.08. The van der Waals surface area contributed by atoms with Crippen LogP contribution in [0.3, 0.4) is 0 Å². The van der Waals surface area contributed by atoms with Gasteiger partial charge in [0.2, 0.25) is 5.95 Å². The number of anilines is 1. The lowest BCUT2D eigenvalue weighted by Crippen LogP contribution is -2.64. The number of hydrogen-bond acceptors (Lipinski definition) is 6. The fourth-order valence-electron chi connectivity index (χ4n) is 5.46. The van der Waals surface area contributed by atoms with Gasteiger partial charge in [-0.1, -0.05) is 13.0 Å². The maximum absolute atomic E-state index is 14.8. The van der Waals surface area contributed by atoms with Crippen molar-refractivity contribution in [3.8, 4) is 0 Å². The highest BCUT2D eigenvalue weighted by Gasteiger charge is 2.43. The third kappa shape index (κ3) is 3.94. The Morgan fingerprint density at radius 2 is 2.06 bits per heavy atom. The Bertz CT molecular complexity index is 1160. The largest absolute Gasteiger partial charge is 0.362 e. The van der Waals surface area contributed by atoms with E-state index in [0.717, 1.165) is 44.3 Å². The van der Waals surface area contributed by atoms with E-state index in [9.17, 15) is 14.0 Å². The molecular formula is C24H29FN6O2. The molecular weight excluding hydrogens is 423 g/mol. The summed E-state index contributed by atoms with van der Waals surface area (Å²) in [4.78, 5) is 39.9. The van der Waals surface area contributed by atoms with Crippen molar-refractivity contribution < 1.29 is 9.18 Å². The summed E-state index contributed by atoms with van der Waals surface area (Å²) in [6.45, 7) is 3.54. The second kappa shape index (κ2) is 8.70. The molecule has 0 spiro atoms. The smallest absolute Gasteiger partial charge is 0.269 e. The molecule has 0 aromatic carbocycles. The van der Waals surface area contributed by atoms with Crippen molar-refractivity contribution in [1.29, 1.82) is 0 Å². The number of pyridine rings is 1. The summed E-state index contributed by atoms with van der Waals surface area (Å²) in [5, 5.41) is 2.48. The van der Waals surface area contributed by atoms with Gasteiger partial charge in [-0.2, -0.15) is 4.39 Å². The number of allylic oxidation sites excluding steroid dienone is 1. The number of H-pyrrole nitrogens is 1. The van der Waals surface area contributed by atoms with Crippen LogP contribution in [0.4, 0.5) is 10.1 Å². The number of aromatic amines is 1. The standard InChI is InChI=1S/C24H29FN6O2/c1-3-14-11-27-22(29-23(14)32)15-4-5-16(10-15)30-12-18-7-6-17(30)13-31(18)20-9-8-19(24(33)26-2)28-21(20)25/h8-11,16-18H,3-7,12-13H2,1-2H3,(H,26,33)(H,27,29,32). The van der Waals surface area contributed by atoms with Crippen molar-refractivity contribution in [3.05, 3.63) is 57.8 Å². The Kier molecular flexibility index (Phi) is 5.74. The third-order valence-corrected chi connectivity index (χ3v) is 7.26. The minimum absolute atomic E-state index is 0.0578. The first-order valence-electron chi connectivity index (χ1n) is 11.7. The van der Waals surface area contributed by atoms with Crippen LogP contribution in [0.5, 0.6) is 0 Å². The molecule has 3 atom stereocenters. The second-order valence-corrected chi connectivity index (χ2v) is 9.06. The number of piperazine rings is 1. The molecule has 3 aliphatic heterocycles. The molecule has 1 amide bonds. The lowest BCUT2D eigenvalue weighted by molar-refractivity contribution is 0.0704. The van der Waals surface area contributed by atoms with Crippen molar-refractivity contribution in [2.45, 2.75) is 57.2 Å². The van der Waals surface area contributed by atoms with Crippen molar-refractivity contribution in [3.63, 3.8) is 0 Å². The molecule has 33 heavy (non-hydrogen) atoms. The number of amides is 1. The van der Waals surface area contributed by atoms with Crippen LogP contribution in [0.2, 0.25) is 0 Å². The molecule has 8 nitrogen and oxygen atoms in total. The molecule has 2 N–H and O–H groups in total. The molecule has 3 fully saturated rings. The summed E-state index contributed by atoms with van der Waals surface area (Å²) in [5.74, 6) is -0.313. The van der Waals surface area contributed by atoms with Crippen LogP contribution in [0.1, 0.15) is 54.5 Å². The molecule has 3 saturated heterocycles. The Balaban J connectivity index is 1.32. The van der Waals surface area contributed by atoms with Gasteiger partial charge in [0.05, 0.1) is 5.69 Å². The van der Waals surface area contributed by atoms with Crippen LogP contribution < -0.4 is 15.8 Å². The van der Waals surface area contributed by atoms with Gasteiger partial charge in [0.1, 0.15) is 11.5 Å². The van der Waals surface area contributed by atoms with Crippen molar-refractivity contribution >= 4 is 17.2 Å². The van der Waals surface area contributed by atoms with Gasteiger partial charge in [0.25, 0.3) is 11.5 Å². The van der Waals surface area contributed by atoms with Crippen LogP contribution in [0.25, 0.3) is 5.57 Å². The number of aromatic nitrogens is 3. The second-order valence-electron chi connectivity index (χ2n) is 9.06. The predicted octanol–water partition coefficient (Wildman–Crippen LogP) is 2.12. The molecule has 2 aromatic heterocycles. The number of fused-ring (bicyclic) bond motifs is 3. The van der Waals surface area contributed by atoms with Crippen molar-refractivity contribution in [1.82, 2.24) is 25.2 Å². The van der Waals surface area contributed by atoms with Gasteiger partial charge in [-0.05, 0) is 49.8 Å². The van der Waals surface area contributed by atoms with E-state index in [2.05, 4.69) is 36.1 Å². The number of hydrogen-bond donors (Lipinski definition) is 2. The summed E-state index contributed by atoms with van der Waals surface area (Å²) >= 11 is 0. The molecule has 3 unspecified atom stereocenters. The van der Waals surface area contributed by atoms with Crippen LogP contribution in [-0.4, -0.2) is 64.0 Å². The normalized spacial score (nSPS) is 24.8. The summed E-state index contributed by atoms with van der Waals surface area (Å²) < 4.78 is 14.8. The molecule has 174 valence electrons. The number of carbonyl (C=O) groups excluding carboxylic acids is 1. The molecule has 2 bridgehead atoms. The number of carbonyl (C=O) groups is 1. The van der Waals surface area contributed by atoms with E-state index in [1.54, 1.807) is 18.3 Å². The van der Waals surface area contributed by atoms with Crippen molar-refractivity contribution in [2.24, 2.45) is 0 Å². The minimum atomic E-state index is -0.594. The fourth-order valence-corrected chi connectivity index (χ4v) is 5.46. The number of piperidine rings is 2. The Hall–Kier alpha value is -3.07. The highest BCUT2D eigenvalue weighted by atomic mass is 19.1. The van der Waals surface area contributed by atoms with Gasteiger partial charge in [-0.15, -0.1) is 0 Å². The summed E-state index contributed by atoms with van der Waals surface area (Å²) in [5.41, 5.74) is 2.30. The van der Waals surface area contributed by atoms with Crippen LogP contribution in [0, 0.1) is 5.95 Å². The highest BCUT2D eigenvalue weighted by molar-refractivity contribution is 5.92. The quantitative estimate of drug-likeness (QED) is 0.675. The SMILES string of the molecule is CCc1cnc(C2=CC(N3CC4CCC3CN4c3ccc(C(=O)NC)nc3F)CC2)[nH]c1=O. The van der Waals surface area contributed by atoms with Crippen molar-refractivity contribution in [2.75, 3.05) is 25.0 Å². The first kappa shape index (κ1) is 21.8. The van der Waals surface area contributed by atoms with E-state index in [0.29, 0.717) is 35.6 Å². The van der Waals surface area contributed by atoms with E-state index in [1.807, 2.05) is 6.92 Å². The van der Waals surface area contributed by atoms with Gasteiger partial charge in [-0.3, -0.25) is 14.5 Å². The highest BCUT2D eigenvalue weighted by Crippen LogP contribution is 2.38. The average Bonchev–Trinajstić information content (AvgIpc) is 3.34. The maximum atomic E-state index is 14.8.